The SMILES string of the molecule is CNCC(=O)NC1CCC(SC)C1. The summed E-state index contributed by atoms with van der Waals surface area (Å²) in [6, 6.07) is 0.415. The van der Waals surface area contributed by atoms with Crippen LogP contribution in [-0.2, 0) is 4.79 Å². The lowest BCUT2D eigenvalue weighted by Gasteiger charge is -2.12. The maximum Gasteiger partial charge on any atom is 0.234 e. The predicted octanol–water partition coefficient (Wildman–Crippen LogP) is 0.606. The van der Waals surface area contributed by atoms with Gasteiger partial charge < -0.3 is 10.6 Å². The summed E-state index contributed by atoms with van der Waals surface area (Å²) in [5, 5.41) is 6.63. The molecule has 1 amide bonds. The van der Waals surface area contributed by atoms with Crippen molar-refractivity contribution in [3.05, 3.63) is 0 Å². The van der Waals surface area contributed by atoms with Crippen molar-refractivity contribution in [1.82, 2.24) is 10.6 Å². The topological polar surface area (TPSA) is 41.1 Å². The molecule has 2 N–H and O–H groups in total. The molecule has 0 spiro atoms. The molecule has 1 aliphatic carbocycles. The highest BCUT2D eigenvalue weighted by atomic mass is 32.2. The third-order valence-corrected chi connectivity index (χ3v) is 3.52. The molecule has 1 aliphatic rings. The molecule has 1 fully saturated rings. The average Bonchev–Trinajstić information content (AvgIpc) is 2.52. The molecule has 4 heteroatoms. The molecule has 76 valence electrons. The molecule has 0 radical (unpaired) electrons. The van der Waals surface area contributed by atoms with Crippen LogP contribution in [0.1, 0.15) is 19.3 Å². The molecule has 0 bridgehead atoms. The summed E-state index contributed by atoms with van der Waals surface area (Å²) in [5.74, 6) is 0.120. The van der Waals surface area contributed by atoms with Gasteiger partial charge in [0.2, 0.25) is 5.91 Å². The van der Waals surface area contributed by atoms with Gasteiger partial charge >= 0.3 is 0 Å². The summed E-state index contributed by atoms with van der Waals surface area (Å²) < 4.78 is 0. The van der Waals surface area contributed by atoms with Crippen LogP contribution in [0, 0.1) is 0 Å². The Morgan fingerprint density at radius 1 is 1.54 bits per heavy atom. The van der Waals surface area contributed by atoms with Gasteiger partial charge in [-0.1, -0.05) is 0 Å². The van der Waals surface area contributed by atoms with Gasteiger partial charge in [-0.25, -0.2) is 0 Å². The molecule has 0 aromatic rings. The molecule has 0 aromatic carbocycles. The zero-order valence-electron chi connectivity index (χ0n) is 8.30. The summed E-state index contributed by atoms with van der Waals surface area (Å²) in [5.41, 5.74) is 0. The molecule has 1 saturated carbocycles. The molecule has 2 atom stereocenters. The van der Waals surface area contributed by atoms with Gasteiger partial charge in [0.1, 0.15) is 0 Å². The number of carbonyl (C=O) groups is 1. The molecule has 2 unspecified atom stereocenters. The maximum absolute atomic E-state index is 11.2. The first kappa shape index (κ1) is 10.9. The zero-order valence-corrected chi connectivity index (χ0v) is 9.12. The summed E-state index contributed by atoms with van der Waals surface area (Å²) in [6.07, 6.45) is 5.66. The van der Waals surface area contributed by atoms with Crippen LogP contribution in [0.3, 0.4) is 0 Å². The molecular weight excluding hydrogens is 184 g/mol. The highest BCUT2D eigenvalue weighted by Crippen LogP contribution is 2.27. The van der Waals surface area contributed by atoms with E-state index in [0.29, 0.717) is 12.6 Å². The van der Waals surface area contributed by atoms with Crippen molar-refractivity contribution in [2.45, 2.75) is 30.6 Å². The zero-order chi connectivity index (χ0) is 9.68. The molecule has 0 saturated heterocycles. The maximum atomic E-state index is 11.2. The first-order valence-corrected chi connectivity index (χ1v) is 6.01. The minimum absolute atomic E-state index is 0.120. The van der Waals surface area contributed by atoms with Crippen molar-refractivity contribution in [3.63, 3.8) is 0 Å². The molecule has 1 rings (SSSR count). The third kappa shape index (κ3) is 3.56. The van der Waals surface area contributed by atoms with E-state index in [0.717, 1.165) is 18.1 Å². The Bertz CT molecular complexity index is 175. The van der Waals surface area contributed by atoms with E-state index >= 15 is 0 Å². The van der Waals surface area contributed by atoms with Crippen LogP contribution in [0.5, 0.6) is 0 Å². The summed E-state index contributed by atoms with van der Waals surface area (Å²) in [4.78, 5) is 11.2. The number of amides is 1. The second-order valence-electron chi connectivity index (χ2n) is 3.47. The quantitative estimate of drug-likeness (QED) is 0.701. The average molecular weight is 202 g/mol. The molecule has 13 heavy (non-hydrogen) atoms. The monoisotopic (exact) mass is 202 g/mol. The third-order valence-electron chi connectivity index (χ3n) is 2.42. The largest absolute Gasteiger partial charge is 0.352 e. The lowest BCUT2D eigenvalue weighted by molar-refractivity contribution is -0.120. The summed E-state index contributed by atoms with van der Waals surface area (Å²) in [6.45, 7) is 0.431. The molecule has 3 nitrogen and oxygen atoms in total. The first-order chi connectivity index (χ1) is 6.26. The number of hydrogen-bond donors (Lipinski definition) is 2. The van der Waals surface area contributed by atoms with Gasteiger partial charge in [-0.15, -0.1) is 0 Å². The number of hydrogen-bond acceptors (Lipinski definition) is 3. The van der Waals surface area contributed by atoms with Crippen molar-refractivity contribution in [2.75, 3.05) is 19.8 Å². The Morgan fingerprint density at radius 3 is 2.85 bits per heavy atom. The van der Waals surface area contributed by atoms with Gasteiger partial charge in [-0.3, -0.25) is 4.79 Å². The van der Waals surface area contributed by atoms with E-state index in [2.05, 4.69) is 16.9 Å². The number of likely N-dealkylation sites (N-methyl/N-ethyl adjacent to an activating group) is 1. The van der Waals surface area contributed by atoms with Crippen molar-refractivity contribution in [3.8, 4) is 0 Å². The van der Waals surface area contributed by atoms with Crippen LogP contribution in [0.2, 0.25) is 0 Å². The van der Waals surface area contributed by atoms with E-state index in [9.17, 15) is 4.79 Å². The van der Waals surface area contributed by atoms with Crippen LogP contribution in [-0.4, -0.2) is 37.0 Å². The smallest absolute Gasteiger partial charge is 0.234 e. The highest BCUT2D eigenvalue weighted by Gasteiger charge is 2.24. The van der Waals surface area contributed by atoms with E-state index in [1.807, 2.05) is 11.8 Å². The van der Waals surface area contributed by atoms with Crippen LogP contribution in [0.4, 0.5) is 0 Å². The second kappa shape index (κ2) is 5.50. The molecule has 0 aromatic heterocycles. The van der Waals surface area contributed by atoms with Gasteiger partial charge in [-0.05, 0) is 32.6 Å². The van der Waals surface area contributed by atoms with Crippen molar-refractivity contribution in [1.29, 1.82) is 0 Å². The van der Waals surface area contributed by atoms with Crippen LogP contribution in [0.25, 0.3) is 0 Å². The minimum Gasteiger partial charge on any atom is -0.352 e. The fourth-order valence-corrected chi connectivity index (χ4v) is 2.52. The number of thioether (sulfide) groups is 1. The Morgan fingerprint density at radius 2 is 2.31 bits per heavy atom. The van der Waals surface area contributed by atoms with E-state index in [1.165, 1.54) is 6.42 Å². The van der Waals surface area contributed by atoms with Gasteiger partial charge in [0.05, 0.1) is 6.54 Å². The van der Waals surface area contributed by atoms with Gasteiger partial charge in [0.25, 0.3) is 0 Å². The van der Waals surface area contributed by atoms with Crippen molar-refractivity contribution in [2.24, 2.45) is 0 Å². The van der Waals surface area contributed by atoms with Gasteiger partial charge in [-0.2, -0.15) is 11.8 Å². The molecule has 0 heterocycles. The Balaban J connectivity index is 2.19. The van der Waals surface area contributed by atoms with Gasteiger partial charge in [0, 0.05) is 11.3 Å². The highest BCUT2D eigenvalue weighted by molar-refractivity contribution is 7.99. The normalized spacial score (nSPS) is 27.5. The van der Waals surface area contributed by atoms with E-state index < -0.39 is 0 Å². The second-order valence-corrected chi connectivity index (χ2v) is 4.60. The van der Waals surface area contributed by atoms with Crippen LogP contribution >= 0.6 is 11.8 Å². The predicted molar refractivity (Wildman–Crippen MR) is 57.0 cm³/mol. The number of carbonyl (C=O) groups excluding carboxylic acids is 1. The Hall–Kier alpha value is -0.220. The number of rotatable bonds is 4. The molecule has 0 aliphatic heterocycles. The Kier molecular flexibility index (Phi) is 4.59. The lowest BCUT2D eigenvalue weighted by atomic mass is 10.2. The lowest BCUT2D eigenvalue weighted by Crippen LogP contribution is -2.38. The van der Waals surface area contributed by atoms with Crippen molar-refractivity contribution < 1.29 is 4.79 Å². The minimum atomic E-state index is 0.120. The number of nitrogens with one attached hydrogen (secondary N) is 2. The first-order valence-electron chi connectivity index (χ1n) is 4.73. The van der Waals surface area contributed by atoms with E-state index in [1.54, 1.807) is 7.05 Å². The molecular formula is C9H18N2OS. The van der Waals surface area contributed by atoms with Crippen LogP contribution < -0.4 is 10.6 Å². The van der Waals surface area contributed by atoms with Crippen LogP contribution in [0.15, 0.2) is 0 Å². The summed E-state index contributed by atoms with van der Waals surface area (Å²) in [7, 11) is 1.79. The van der Waals surface area contributed by atoms with E-state index in [-0.39, 0.29) is 5.91 Å². The fraction of sp³-hybridized carbons (Fsp3) is 0.889. The van der Waals surface area contributed by atoms with E-state index in [4.69, 9.17) is 0 Å². The summed E-state index contributed by atoms with van der Waals surface area (Å²) >= 11 is 1.91. The Labute approximate surface area is 84.0 Å². The standard InChI is InChI=1S/C9H18N2OS/c1-10-6-9(12)11-7-3-4-8(5-7)13-2/h7-8,10H,3-6H2,1-2H3,(H,11,12). The van der Waals surface area contributed by atoms with Crippen molar-refractivity contribution >= 4 is 17.7 Å². The van der Waals surface area contributed by atoms with Gasteiger partial charge in [0.15, 0.2) is 0 Å². The fourth-order valence-electron chi connectivity index (χ4n) is 1.72.